The molecule has 1 fully saturated rings. The third-order valence-corrected chi connectivity index (χ3v) is 4.71. The number of aryl methyl sites for hydroxylation is 1. The summed E-state index contributed by atoms with van der Waals surface area (Å²) in [5.41, 5.74) is 3.27. The molecule has 0 atom stereocenters. The molecule has 26 heavy (non-hydrogen) atoms. The molecule has 1 saturated heterocycles. The molecule has 0 aromatic heterocycles. The maximum absolute atomic E-state index is 12.5. The highest BCUT2D eigenvalue weighted by Gasteiger charge is 2.19. The van der Waals surface area contributed by atoms with Crippen molar-refractivity contribution in [1.29, 1.82) is 0 Å². The van der Waals surface area contributed by atoms with Crippen LogP contribution < -0.4 is 10.1 Å². The van der Waals surface area contributed by atoms with Crippen molar-refractivity contribution in [1.82, 2.24) is 9.80 Å². The molecule has 1 aliphatic heterocycles. The Morgan fingerprint density at radius 2 is 1.88 bits per heavy atom. The van der Waals surface area contributed by atoms with Crippen molar-refractivity contribution in [2.75, 3.05) is 38.6 Å². The van der Waals surface area contributed by atoms with Gasteiger partial charge in [-0.1, -0.05) is 24.3 Å². The first-order chi connectivity index (χ1) is 12.6. The van der Waals surface area contributed by atoms with E-state index < -0.39 is 0 Å². The summed E-state index contributed by atoms with van der Waals surface area (Å²) >= 11 is 0. The number of rotatable bonds is 4. The average Bonchev–Trinajstić information content (AvgIpc) is 2.88. The van der Waals surface area contributed by atoms with E-state index in [2.05, 4.69) is 22.3 Å². The number of hydrogen-bond acceptors (Lipinski definition) is 3. The van der Waals surface area contributed by atoms with Crippen LogP contribution in [0.2, 0.25) is 0 Å². The smallest absolute Gasteiger partial charge is 0.321 e. The highest BCUT2D eigenvalue weighted by atomic mass is 16.5. The van der Waals surface area contributed by atoms with Gasteiger partial charge in [0.2, 0.25) is 0 Å². The monoisotopic (exact) mass is 353 g/mol. The molecule has 3 rings (SSSR count). The highest BCUT2D eigenvalue weighted by Crippen LogP contribution is 2.15. The molecule has 138 valence electrons. The summed E-state index contributed by atoms with van der Waals surface area (Å²) in [7, 11) is 1.68. The molecule has 0 radical (unpaired) electrons. The fourth-order valence-corrected chi connectivity index (χ4v) is 3.25. The Morgan fingerprint density at radius 3 is 2.62 bits per heavy atom. The molecule has 0 aliphatic carbocycles. The minimum Gasteiger partial charge on any atom is -0.497 e. The molecule has 0 spiro atoms. The van der Waals surface area contributed by atoms with Crippen LogP contribution in [-0.4, -0.2) is 49.1 Å². The second-order valence-electron chi connectivity index (χ2n) is 6.76. The molecule has 0 saturated carbocycles. The van der Waals surface area contributed by atoms with Gasteiger partial charge in [0, 0.05) is 38.4 Å². The quantitative estimate of drug-likeness (QED) is 0.911. The molecule has 2 aromatic rings. The summed E-state index contributed by atoms with van der Waals surface area (Å²) in [6.45, 7) is 6.34. The molecule has 0 bridgehead atoms. The third-order valence-electron chi connectivity index (χ3n) is 4.71. The van der Waals surface area contributed by atoms with Crippen LogP contribution >= 0.6 is 0 Å². The Labute approximate surface area is 155 Å². The Hall–Kier alpha value is -2.53. The number of nitrogens with zero attached hydrogens (tertiary/aromatic N) is 2. The number of nitrogens with one attached hydrogen (secondary N) is 1. The molecule has 5 nitrogen and oxygen atoms in total. The standard InChI is InChI=1S/C21H27N3O2/c1-17-5-3-6-19(15-17)22-21(25)24-12-4-11-23(13-14-24)16-18-7-9-20(26-2)10-8-18/h3,5-10,15H,4,11-14,16H2,1-2H3,(H,22,25). The first-order valence-corrected chi connectivity index (χ1v) is 9.12. The van der Waals surface area contributed by atoms with Gasteiger partial charge >= 0.3 is 6.03 Å². The van der Waals surface area contributed by atoms with Gasteiger partial charge in [0.05, 0.1) is 7.11 Å². The predicted molar refractivity (Wildman–Crippen MR) is 105 cm³/mol. The van der Waals surface area contributed by atoms with Gasteiger partial charge in [-0.3, -0.25) is 4.90 Å². The lowest BCUT2D eigenvalue weighted by Gasteiger charge is -2.22. The van der Waals surface area contributed by atoms with E-state index in [0.717, 1.165) is 56.1 Å². The second-order valence-corrected chi connectivity index (χ2v) is 6.76. The van der Waals surface area contributed by atoms with Gasteiger partial charge in [-0.2, -0.15) is 0 Å². The first kappa shape index (κ1) is 18.3. The van der Waals surface area contributed by atoms with Crippen LogP contribution in [0.25, 0.3) is 0 Å². The van der Waals surface area contributed by atoms with Crippen molar-refractivity contribution < 1.29 is 9.53 Å². The van der Waals surface area contributed by atoms with Gasteiger partial charge in [-0.05, 0) is 48.7 Å². The highest BCUT2D eigenvalue weighted by molar-refractivity contribution is 5.89. The van der Waals surface area contributed by atoms with Crippen LogP contribution in [0.15, 0.2) is 48.5 Å². The molecule has 5 heteroatoms. The lowest BCUT2D eigenvalue weighted by Crippen LogP contribution is -2.38. The molecule has 1 aliphatic rings. The average molecular weight is 353 g/mol. The van der Waals surface area contributed by atoms with Crippen LogP contribution in [0.5, 0.6) is 5.75 Å². The lowest BCUT2D eigenvalue weighted by molar-refractivity contribution is 0.211. The van der Waals surface area contributed by atoms with E-state index in [4.69, 9.17) is 4.74 Å². The summed E-state index contributed by atoms with van der Waals surface area (Å²) in [5.74, 6) is 0.878. The van der Waals surface area contributed by atoms with E-state index in [0.29, 0.717) is 0 Å². The van der Waals surface area contributed by atoms with Crippen molar-refractivity contribution in [3.63, 3.8) is 0 Å². The van der Waals surface area contributed by atoms with E-state index in [1.54, 1.807) is 7.11 Å². The summed E-state index contributed by atoms with van der Waals surface area (Å²) in [4.78, 5) is 16.9. The molecule has 0 unspecified atom stereocenters. The normalized spacial score (nSPS) is 15.4. The summed E-state index contributed by atoms with van der Waals surface area (Å²) in [6.07, 6.45) is 0.984. The van der Waals surface area contributed by atoms with Crippen LogP contribution in [0, 0.1) is 6.92 Å². The summed E-state index contributed by atoms with van der Waals surface area (Å²) in [6, 6.07) is 16.1. The largest absolute Gasteiger partial charge is 0.497 e. The van der Waals surface area contributed by atoms with E-state index in [-0.39, 0.29) is 6.03 Å². The number of ether oxygens (including phenoxy) is 1. The van der Waals surface area contributed by atoms with Gasteiger partial charge < -0.3 is 15.0 Å². The van der Waals surface area contributed by atoms with Gasteiger partial charge in [-0.25, -0.2) is 4.79 Å². The van der Waals surface area contributed by atoms with Crippen molar-refractivity contribution in [2.24, 2.45) is 0 Å². The zero-order valence-electron chi connectivity index (χ0n) is 15.6. The Balaban J connectivity index is 1.53. The summed E-state index contributed by atoms with van der Waals surface area (Å²) < 4.78 is 5.21. The number of urea groups is 1. The molecule has 1 heterocycles. The maximum Gasteiger partial charge on any atom is 0.321 e. The van der Waals surface area contributed by atoms with Gasteiger partial charge in [0.25, 0.3) is 0 Å². The van der Waals surface area contributed by atoms with Crippen molar-refractivity contribution in [3.05, 3.63) is 59.7 Å². The lowest BCUT2D eigenvalue weighted by atomic mass is 10.2. The van der Waals surface area contributed by atoms with Crippen LogP contribution in [0.3, 0.4) is 0 Å². The molecular formula is C21H27N3O2. The number of carbonyl (C=O) groups is 1. The van der Waals surface area contributed by atoms with E-state index >= 15 is 0 Å². The molecule has 2 aromatic carbocycles. The number of methoxy groups -OCH3 is 1. The first-order valence-electron chi connectivity index (χ1n) is 9.12. The van der Waals surface area contributed by atoms with Crippen LogP contribution in [-0.2, 0) is 6.54 Å². The molecule has 2 amide bonds. The Morgan fingerprint density at radius 1 is 1.08 bits per heavy atom. The number of amides is 2. The van der Waals surface area contributed by atoms with E-state index in [1.807, 2.05) is 48.2 Å². The fourth-order valence-electron chi connectivity index (χ4n) is 3.25. The minimum atomic E-state index is -0.0121. The van der Waals surface area contributed by atoms with Gasteiger partial charge in [0.1, 0.15) is 5.75 Å². The molecule has 1 N–H and O–H groups in total. The van der Waals surface area contributed by atoms with Crippen LogP contribution in [0.4, 0.5) is 10.5 Å². The van der Waals surface area contributed by atoms with Crippen molar-refractivity contribution in [3.8, 4) is 5.75 Å². The third kappa shape index (κ3) is 4.99. The number of hydrogen-bond donors (Lipinski definition) is 1. The predicted octanol–water partition coefficient (Wildman–Crippen LogP) is 3.74. The second kappa shape index (κ2) is 8.72. The summed E-state index contributed by atoms with van der Waals surface area (Å²) in [5, 5.41) is 3.01. The topological polar surface area (TPSA) is 44.8 Å². The van der Waals surface area contributed by atoms with Crippen molar-refractivity contribution >= 4 is 11.7 Å². The fraction of sp³-hybridized carbons (Fsp3) is 0.381. The maximum atomic E-state index is 12.5. The number of benzene rings is 2. The van der Waals surface area contributed by atoms with E-state index in [1.165, 1.54) is 5.56 Å². The van der Waals surface area contributed by atoms with Gasteiger partial charge in [-0.15, -0.1) is 0 Å². The number of carbonyl (C=O) groups excluding carboxylic acids is 1. The minimum absolute atomic E-state index is 0.0121. The molecular weight excluding hydrogens is 326 g/mol. The van der Waals surface area contributed by atoms with Gasteiger partial charge in [0.15, 0.2) is 0 Å². The number of anilines is 1. The SMILES string of the molecule is COc1ccc(CN2CCCN(C(=O)Nc3cccc(C)c3)CC2)cc1. The zero-order valence-corrected chi connectivity index (χ0v) is 15.6. The Bertz CT molecular complexity index is 730. The zero-order chi connectivity index (χ0) is 18.4. The van der Waals surface area contributed by atoms with Crippen LogP contribution in [0.1, 0.15) is 17.5 Å². The van der Waals surface area contributed by atoms with Crippen molar-refractivity contribution in [2.45, 2.75) is 19.9 Å². The Kier molecular flexibility index (Phi) is 6.12. The van der Waals surface area contributed by atoms with E-state index in [9.17, 15) is 4.79 Å².